The molecule has 6 nitrogen and oxygen atoms in total. The monoisotopic (exact) mass is 425 g/mol. The second-order valence-corrected chi connectivity index (χ2v) is 8.34. The van der Waals surface area contributed by atoms with Gasteiger partial charge in [-0.05, 0) is 62.9 Å². The molecule has 1 aliphatic heterocycles. The molecule has 0 bridgehead atoms. The summed E-state index contributed by atoms with van der Waals surface area (Å²) in [6, 6.07) is 7.89. The lowest BCUT2D eigenvalue weighted by atomic mass is 10.0. The number of carbonyl (C=O) groups excluding carboxylic acids is 1. The van der Waals surface area contributed by atoms with Gasteiger partial charge < -0.3 is 14.4 Å². The summed E-state index contributed by atoms with van der Waals surface area (Å²) in [5.74, 6) is 1.78. The molecule has 1 aromatic heterocycles. The molecule has 0 aliphatic carbocycles. The van der Waals surface area contributed by atoms with Gasteiger partial charge in [0.25, 0.3) is 0 Å². The van der Waals surface area contributed by atoms with E-state index in [9.17, 15) is 10.1 Å². The molecule has 1 aromatic carbocycles. The van der Waals surface area contributed by atoms with E-state index in [-0.39, 0.29) is 17.7 Å². The number of aryl methyl sites for hydroxylation is 1. The predicted octanol–water partition coefficient (Wildman–Crippen LogP) is 4.35. The van der Waals surface area contributed by atoms with E-state index in [1.54, 1.807) is 14.2 Å². The Kier molecular flexibility index (Phi) is 6.88. The number of hydrogen-bond donors (Lipinski definition) is 0. The number of ether oxygens (including phenoxy) is 2. The Balaban J connectivity index is 1.81. The van der Waals surface area contributed by atoms with Gasteiger partial charge in [-0.2, -0.15) is 5.26 Å². The summed E-state index contributed by atoms with van der Waals surface area (Å²) >= 11 is 1.34. The highest BCUT2D eigenvalue weighted by Crippen LogP contribution is 2.39. The summed E-state index contributed by atoms with van der Waals surface area (Å²) in [5, 5.41) is 10.2. The Morgan fingerprint density at radius 1 is 1.27 bits per heavy atom. The highest BCUT2D eigenvalue weighted by Gasteiger charge is 2.32. The van der Waals surface area contributed by atoms with E-state index in [1.165, 1.54) is 11.8 Å². The highest BCUT2D eigenvalue weighted by atomic mass is 32.2. The van der Waals surface area contributed by atoms with Crippen LogP contribution in [0, 0.1) is 32.1 Å². The number of benzene rings is 1. The molecule has 1 atom stereocenters. The number of aromatic nitrogens is 1. The number of thioether (sulfide) groups is 1. The summed E-state index contributed by atoms with van der Waals surface area (Å²) in [4.78, 5) is 19.6. The number of rotatable bonds is 6. The van der Waals surface area contributed by atoms with Crippen LogP contribution in [-0.4, -0.2) is 42.3 Å². The molecule has 0 saturated carbocycles. The van der Waals surface area contributed by atoms with Crippen LogP contribution in [0.3, 0.4) is 0 Å². The first-order valence-electron chi connectivity index (χ1n) is 9.93. The third-order valence-electron chi connectivity index (χ3n) is 5.78. The van der Waals surface area contributed by atoms with Gasteiger partial charge in [-0.15, -0.1) is 0 Å². The quantitative estimate of drug-likeness (QED) is 0.641. The lowest BCUT2D eigenvalue weighted by Gasteiger charge is -2.26. The number of hydrogen-bond acceptors (Lipinski definition) is 6. The number of methoxy groups -OCH3 is 2. The Morgan fingerprint density at radius 3 is 2.70 bits per heavy atom. The molecule has 0 unspecified atom stereocenters. The van der Waals surface area contributed by atoms with Gasteiger partial charge in [-0.1, -0.05) is 11.8 Å². The van der Waals surface area contributed by atoms with Crippen molar-refractivity contribution in [1.29, 1.82) is 5.26 Å². The fourth-order valence-electron chi connectivity index (χ4n) is 3.85. The van der Waals surface area contributed by atoms with Crippen LogP contribution in [-0.2, 0) is 4.79 Å². The zero-order valence-corrected chi connectivity index (χ0v) is 18.9. The molecule has 3 rings (SSSR count). The van der Waals surface area contributed by atoms with Crippen LogP contribution in [0.5, 0.6) is 11.5 Å². The van der Waals surface area contributed by atoms with E-state index in [0.717, 1.165) is 46.7 Å². The SMILES string of the molecule is COc1ccc(OC)c([C@H]2CCCN2C(=O)CSc2nc(C)c(C)c(C)c2C#N)c1. The number of carbonyl (C=O) groups is 1. The maximum Gasteiger partial charge on any atom is 0.233 e. The molecule has 1 fully saturated rings. The largest absolute Gasteiger partial charge is 0.497 e. The van der Waals surface area contributed by atoms with Gasteiger partial charge in [0.05, 0.1) is 31.6 Å². The second-order valence-electron chi connectivity index (χ2n) is 7.38. The molecule has 1 aliphatic rings. The van der Waals surface area contributed by atoms with Crippen LogP contribution in [0.15, 0.2) is 23.2 Å². The van der Waals surface area contributed by atoms with E-state index in [0.29, 0.717) is 17.1 Å². The molecule has 158 valence electrons. The van der Waals surface area contributed by atoms with E-state index < -0.39 is 0 Å². The number of nitriles is 1. The Labute approximate surface area is 182 Å². The summed E-state index contributed by atoms with van der Waals surface area (Å²) in [6.45, 7) is 6.53. The van der Waals surface area contributed by atoms with Crippen LogP contribution in [0.25, 0.3) is 0 Å². The molecule has 2 aromatic rings. The molecule has 0 N–H and O–H groups in total. The zero-order valence-electron chi connectivity index (χ0n) is 18.1. The average molecular weight is 426 g/mol. The lowest BCUT2D eigenvalue weighted by Crippen LogP contribution is -2.32. The maximum absolute atomic E-state index is 13.1. The minimum atomic E-state index is -0.0481. The van der Waals surface area contributed by atoms with E-state index in [1.807, 2.05) is 43.9 Å². The number of nitrogens with zero attached hydrogens (tertiary/aromatic N) is 3. The van der Waals surface area contributed by atoms with Crippen LogP contribution < -0.4 is 9.47 Å². The van der Waals surface area contributed by atoms with Gasteiger partial charge in [0.2, 0.25) is 5.91 Å². The van der Waals surface area contributed by atoms with Gasteiger partial charge in [-0.3, -0.25) is 4.79 Å². The second kappa shape index (κ2) is 9.40. The first-order chi connectivity index (χ1) is 14.4. The minimum Gasteiger partial charge on any atom is -0.497 e. The molecule has 1 saturated heterocycles. The van der Waals surface area contributed by atoms with E-state index in [4.69, 9.17) is 9.47 Å². The predicted molar refractivity (Wildman–Crippen MR) is 117 cm³/mol. The lowest BCUT2D eigenvalue weighted by molar-refractivity contribution is -0.129. The van der Waals surface area contributed by atoms with Gasteiger partial charge >= 0.3 is 0 Å². The van der Waals surface area contributed by atoms with Crippen molar-refractivity contribution in [3.05, 3.63) is 46.1 Å². The molecular formula is C23H27N3O3S. The zero-order chi connectivity index (χ0) is 21.8. The van der Waals surface area contributed by atoms with Crippen molar-refractivity contribution < 1.29 is 14.3 Å². The Bertz CT molecular complexity index is 1000. The van der Waals surface area contributed by atoms with Crippen LogP contribution in [0.4, 0.5) is 0 Å². The number of likely N-dealkylation sites (tertiary alicyclic amines) is 1. The Morgan fingerprint density at radius 2 is 2.03 bits per heavy atom. The van der Waals surface area contributed by atoms with Crippen molar-refractivity contribution in [2.75, 3.05) is 26.5 Å². The number of pyridine rings is 1. The van der Waals surface area contributed by atoms with Crippen molar-refractivity contribution >= 4 is 17.7 Å². The third-order valence-corrected chi connectivity index (χ3v) is 6.74. The summed E-state index contributed by atoms with van der Waals surface area (Å²) in [7, 11) is 3.27. The standard InChI is InChI=1S/C23H27N3O3S/c1-14-15(2)19(12-24)23(25-16(14)3)30-13-22(27)26-10-6-7-20(26)18-11-17(28-4)8-9-21(18)29-5/h8-9,11,20H,6-7,10,13H2,1-5H3/t20-/m1/s1. The molecule has 7 heteroatoms. The van der Waals surface area contributed by atoms with Crippen LogP contribution in [0.2, 0.25) is 0 Å². The van der Waals surface area contributed by atoms with Gasteiger partial charge in [0.15, 0.2) is 0 Å². The molecule has 1 amide bonds. The van der Waals surface area contributed by atoms with Gasteiger partial charge in [0.1, 0.15) is 22.6 Å². The van der Waals surface area contributed by atoms with Crippen molar-refractivity contribution in [2.45, 2.75) is 44.7 Å². The fraction of sp³-hybridized carbons (Fsp3) is 0.435. The summed E-state index contributed by atoms with van der Waals surface area (Å²) < 4.78 is 10.9. The molecule has 30 heavy (non-hydrogen) atoms. The maximum atomic E-state index is 13.1. The topological polar surface area (TPSA) is 75.5 Å². The number of amides is 1. The first-order valence-corrected chi connectivity index (χ1v) is 10.9. The van der Waals surface area contributed by atoms with Crippen molar-refractivity contribution in [3.8, 4) is 17.6 Å². The van der Waals surface area contributed by atoms with Crippen molar-refractivity contribution in [2.24, 2.45) is 0 Å². The molecule has 0 radical (unpaired) electrons. The van der Waals surface area contributed by atoms with Crippen LogP contribution in [0.1, 0.15) is 46.8 Å². The highest BCUT2D eigenvalue weighted by molar-refractivity contribution is 8.00. The van der Waals surface area contributed by atoms with Crippen molar-refractivity contribution in [3.63, 3.8) is 0 Å². The van der Waals surface area contributed by atoms with Crippen molar-refractivity contribution in [1.82, 2.24) is 9.88 Å². The summed E-state index contributed by atoms with van der Waals surface area (Å²) in [5.41, 5.74) is 4.36. The summed E-state index contributed by atoms with van der Waals surface area (Å²) in [6.07, 6.45) is 1.82. The Hall–Kier alpha value is -2.72. The minimum absolute atomic E-state index is 0.0361. The normalized spacial score (nSPS) is 15.7. The smallest absolute Gasteiger partial charge is 0.233 e. The average Bonchev–Trinajstić information content (AvgIpc) is 3.25. The van der Waals surface area contributed by atoms with E-state index in [2.05, 4.69) is 11.1 Å². The molecule has 2 heterocycles. The third kappa shape index (κ3) is 4.24. The fourth-order valence-corrected chi connectivity index (χ4v) is 4.82. The molecule has 0 spiro atoms. The van der Waals surface area contributed by atoms with Gasteiger partial charge in [0, 0.05) is 17.8 Å². The first kappa shape index (κ1) is 22.0. The van der Waals surface area contributed by atoms with Crippen LogP contribution >= 0.6 is 11.8 Å². The molecular weight excluding hydrogens is 398 g/mol. The van der Waals surface area contributed by atoms with Gasteiger partial charge in [-0.25, -0.2) is 4.98 Å². The van der Waals surface area contributed by atoms with E-state index >= 15 is 0 Å².